The Morgan fingerprint density at radius 3 is 3.12 bits per heavy atom. The van der Waals surface area contributed by atoms with E-state index in [-0.39, 0.29) is 11.9 Å². The van der Waals surface area contributed by atoms with Crippen molar-refractivity contribution in [2.75, 3.05) is 25.1 Å². The second-order valence-corrected chi connectivity index (χ2v) is 4.12. The van der Waals surface area contributed by atoms with Crippen molar-refractivity contribution in [3.63, 3.8) is 0 Å². The van der Waals surface area contributed by atoms with Gasteiger partial charge in [0, 0.05) is 18.8 Å². The molecule has 1 aliphatic heterocycles. The van der Waals surface area contributed by atoms with Gasteiger partial charge in [-0.15, -0.1) is 0 Å². The summed E-state index contributed by atoms with van der Waals surface area (Å²) in [4.78, 5) is 13.5. The predicted octanol–water partition coefficient (Wildman–Crippen LogP) is 1.56. The molecule has 0 aliphatic carbocycles. The molecule has 17 heavy (non-hydrogen) atoms. The molecule has 1 fully saturated rings. The average Bonchev–Trinajstić information content (AvgIpc) is 2.87. The van der Waals surface area contributed by atoms with E-state index in [4.69, 9.17) is 10.00 Å². The highest BCUT2D eigenvalue weighted by Gasteiger charge is 2.29. The predicted molar refractivity (Wildman–Crippen MR) is 63.5 cm³/mol. The average molecular weight is 230 g/mol. The fourth-order valence-electron chi connectivity index (χ4n) is 2.13. The van der Waals surface area contributed by atoms with E-state index < -0.39 is 0 Å². The summed E-state index contributed by atoms with van der Waals surface area (Å²) in [7, 11) is 1.42. The zero-order valence-corrected chi connectivity index (χ0v) is 9.72. The van der Waals surface area contributed by atoms with Gasteiger partial charge in [0.2, 0.25) is 0 Å². The smallest absolute Gasteiger partial charge is 0.310 e. The van der Waals surface area contributed by atoms with Crippen molar-refractivity contribution in [1.82, 2.24) is 0 Å². The van der Waals surface area contributed by atoms with Gasteiger partial charge in [0.15, 0.2) is 0 Å². The minimum absolute atomic E-state index is 0.0502. The SMILES string of the molecule is COC(=O)C1CCN(c2cccc(C#N)c2)C1. The number of methoxy groups -OCH3 is 1. The van der Waals surface area contributed by atoms with E-state index in [1.807, 2.05) is 18.2 Å². The summed E-state index contributed by atoms with van der Waals surface area (Å²) in [5.74, 6) is -0.199. The number of rotatable bonds is 2. The molecule has 4 heteroatoms. The van der Waals surface area contributed by atoms with E-state index in [0.717, 1.165) is 18.7 Å². The summed E-state index contributed by atoms with van der Waals surface area (Å²) in [5.41, 5.74) is 1.64. The van der Waals surface area contributed by atoms with E-state index in [1.165, 1.54) is 7.11 Å². The van der Waals surface area contributed by atoms with Gasteiger partial charge < -0.3 is 9.64 Å². The molecule has 0 amide bonds. The van der Waals surface area contributed by atoms with E-state index in [1.54, 1.807) is 6.07 Å². The molecule has 1 aromatic carbocycles. The lowest BCUT2D eigenvalue weighted by Gasteiger charge is -2.18. The second kappa shape index (κ2) is 4.88. The summed E-state index contributed by atoms with van der Waals surface area (Å²) in [6, 6.07) is 9.56. The molecule has 0 N–H and O–H groups in total. The standard InChI is InChI=1S/C13H14N2O2/c1-17-13(16)11-5-6-15(9-11)12-4-2-3-10(7-12)8-14/h2-4,7,11H,5-6,9H2,1H3. The first-order chi connectivity index (χ1) is 8.24. The molecular weight excluding hydrogens is 216 g/mol. The molecule has 1 atom stereocenters. The molecule has 1 heterocycles. The molecule has 1 saturated heterocycles. The first kappa shape index (κ1) is 11.5. The van der Waals surface area contributed by atoms with Crippen LogP contribution in [0.25, 0.3) is 0 Å². The normalized spacial score (nSPS) is 18.8. The molecular formula is C13H14N2O2. The Kier molecular flexibility index (Phi) is 3.29. The zero-order valence-electron chi connectivity index (χ0n) is 9.72. The van der Waals surface area contributed by atoms with Crippen LogP contribution < -0.4 is 4.90 Å². The van der Waals surface area contributed by atoms with Crippen LogP contribution in [0.4, 0.5) is 5.69 Å². The highest BCUT2D eigenvalue weighted by molar-refractivity contribution is 5.74. The van der Waals surface area contributed by atoms with Crippen molar-refractivity contribution in [2.45, 2.75) is 6.42 Å². The number of nitriles is 1. The van der Waals surface area contributed by atoms with Crippen molar-refractivity contribution in [1.29, 1.82) is 5.26 Å². The molecule has 1 aromatic rings. The Balaban J connectivity index is 2.10. The Morgan fingerprint density at radius 2 is 2.41 bits per heavy atom. The largest absolute Gasteiger partial charge is 0.469 e. The minimum Gasteiger partial charge on any atom is -0.469 e. The van der Waals surface area contributed by atoms with Crippen LogP contribution >= 0.6 is 0 Å². The molecule has 0 spiro atoms. The summed E-state index contributed by atoms with van der Waals surface area (Å²) < 4.78 is 4.75. The lowest BCUT2D eigenvalue weighted by molar-refractivity contribution is -0.144. The maximum absolute atomic E-state index is 11.4. The van der Waals surface area contributed by atoms with Crippen LogP contribution in [0.1, 0.15) is 12.0 Å². The number of carbonyl (C=O) groups excluding carboxylic acids is 1. The van der Waals surface area contributed by atoms with Crippen LogP contribution in [-0.2, 0) is 9.53 Å². The van der Waals surface area contributed by atoms with Gasteiger partial charge in [-0.2, -0.15) is 5.26 Å². The summed E-state index contributed by atoms with van der Waals surface area (Å²) >= 11 is 0. The third kappa shape index (κ3) is 2.39. The number of nitrogens with zero attached hydrogens (tertiary/aromatic N) is 2. The van der Waals surface area contributed by atoms with E-state index >= 15 is 0 Å². The number of anilines is 1. The summed E-state index contributed by atoms with van der Waals surface area (Å²) in [6.07, 6.45) is 0.809. The van der Waals surface area contributed by atoms with Gasteiger partial charge in [-0.1, -0.05) is 6.07 Å². The highest BCUT2D eigenvalue weighted by atomic mass is 16.5. The maximum atomic E-state index is 11.4. The first-order valence-electron chi connectivity index (χ1n) is 5.57. The van der Waals surface area contributed by atoms with Crippen LogP contribution in [-0.4, -0.2) is 26.2 Å². The van der Waals surface area contributed by atoms with Crippen LogP contribution in [0, 0.1) is 17.2 Å². The zero-order chi connectivity index (χ0) is 12.3. The van der Waals surface area contributed by atoms with Crippen LogP contribution in [0.2, 0.25) is 0 Å². The molecule has 0 bridgehead atoms. The summed E-state index contributed by atoms with van der Waals surface area (Å²) in [6.45, 7) is 1.50. The van der Waals surface area contributed by atoms with E-state index in [0.29, 0.717) is 12.1 Å². The lowest BCUT2D eigenvalue weighted by atomic mass is 10.1. The number of hydrogen-bond acceptors (Lipinski definition) is 4. The quantitative estimate of drug-likeness (QED) is 0.723. The fraction of sp³-hybridized carbons (Fsp3) is 0.385. The molecule has 1 aliphatic rings. The van der Waals surface area contributed by atoms with Crippen molar-refractivity contribution in [3.05, 3.63) is 29.8 Å². The third-order valence-corrected chi connectivity index (χ3v) is 3.06. The summed E-state index contributed by atoms with van der Waals surface area (Å²) in [5, 5.41) is 8.84. The number of hydrogen-bond donors (Lipinski definition) is 0. The molecule has 0 radical (unpaired) electrons. The number of benzene rings is 1. The molecule has 88 valence electrons. The van der Waals surface area contributed by atoms with Gasteiger partial charge in [-0.3, -0.25) is 4.79 Å². The van der Waals surface area contributed by atoms with Gasteiger partial charge >= 0.3 is 5.97 Å². The Morgan fingerprint density at radius 1 is 1.59 bits per heavy atom. The van der Waals surface area contributed by atoms with Gasteiger partial charge in [-0.05, 0) is 24.6 Å². The molecule has 0 saturated carbocycles. The Hall–Kier alpha value is -2.02. The molecule has 2 rings (SSSR count). The second-order valence-electron chi connectivity index (χ2n) is 4.12. The van der Waals surface area contributed by atoms with E-state index in [9.17, 15) is 4.79 Å². The highest BCUT2D eigenvalue weighted by Crippen LogP contribution is 2.25. The molecule has 0 aromatic heterocycles. The number of esters is 1. The van der Waals surface area contributed by atoms with Crippen molar-refractivity contribution in [2.24, 2.45) is 5.92 Å². The molecule has 1 unspecified atom stereocenters. The van der Waals surface area contributed by atoms with Gasteiger partial charge in [0.1, 0.15) is 0 Å². The first-order valence-corrected chi connectivity index (χ1v) is 5.57. The monoisotopic (exact) mass is 230 g/mol. The lowest BCUT2D eigenvalue weighted by Crippen LogP contribution is -2.23. The minimum atomic E-state index is -0.149. The van der Waals surface area contributed by atoms with Gasteiger partial charge in [0.05, 0.1) is 24.7 Å². The molecule has 4 nitrogen and oxygen atoms in total. The van der Waals surface area contributed by atoms with Gasteiger partial charge in [-0.25, -0.2) is 0 Å². The van der Waals surface area contributed by atoms with Crippen LogP contribution in [0.15, 0.2) is 24.3 Å². The van der Waals surface area contributed by atoms with Crippen LogP contribution in [0.3, 0.4) is 0 Å². The Labute approximate surface area is 100 Å². The van der Waals surface area contributed by atoms with Crippen LogP contribution in [0.5, 0.6) is 0 Å². The topological polar surface area (TPSA) is 53.3 Å². The third-order valence-electron chi connectivity index (χ3n) is 3.06. The number of carbonyl (C=O) groups is 1. The van der Waals surface area contributed by atoms with Gasteiger partial charge in [0.25, 0.3) is 0 Å². The fourth-order valence-corrected chi connectivity index (χ4v) is 2.13. The Bertz CT molecular complexity index is 465. The maximum Gasteiger partial charge on any atom is 0.310 e. The van der Waals surface area contributed by atoms with Crippen molar-refractivity contribution >= 4 is 11.7 Å². The van der Waals surface area contributed by atoms with Crippen molar-refractivity contribution in [3.8, 4) is 6.07 Å². The van der Waals surface area contributed by atoms with Crippen molar-refractivity contribution < 1.29 is 9.53 Å². The van der Waals surface area contributed by atoms with E-state index in [2.05, 4.69) is 11.0 Å². The number of ether oxygens (including phenoxy) is 1.